The number of carbonyl (C=O) groups is 2. The van der Waals surface area contributed by atoms with Gasteiger partial charge < -0.3 is 9.80 Å². The lowest BCUT2D eigenvalue weighted by Gasteiger charge is -2.31. The fourth-order valence-electron chi connectivity index (χ4n) is 5.63. The number of hydrogen-bond acceptors (Lipinski definition) is 4. The molecule has 5 rings (SSSR count). The average Bonchev–Trinajstić information content (AvgIpc) is 3.51. The summed E-state index contributed by atoms with van der Waals surface area (Å²) in [4.78, 5) is 35.0. The number of rotatable bonds is 7. The molecule has 10 heteroatoms. The van der Waals surface area contributed by atoms with E-state index in [1.165, 1.54) is 42.2 Å². The smallest absolute Gasteiger partial charge is 0.339 e. The Morgan fingerprint density at radius 2 is 1.49 bits per heavy atom. The number of anilines is 1. The van der Waals surface area contributed by atoms with Gasteiger partial charge in [-0.2, -0.15) is 13.2 Å². The quantitative estimate of drug-likeness (QED) is 0.190. The summed E-state index contributed by atoms with van der Waals surface area (Å²) in [5.41, 5.74) is 1.17. The molecule has 0 atom stereocenters. The van der Waals surface area contributed by atoms with Crippen LogP contribution in [0.25, 0.3) is 11.1 Å². The fourth-order valence-corrected chi connectivity index (χ4v) is 6.59. The Morgan fingerprint density at radius 3 is 2.07 bits per heavy atom. The summed E-state index contributed by atoms with van der Waals surface area (Å²) in [6, 6.07) is 18.9. The molecule has 1 aromatic heterocycles. The van der Waals surface area contributed by atoms with Crippen molar-refractivity contribution in [1.82, 2.24) is 9.88 Å². The number of amides is 2. The van der Waals surface area contributed by atoms with Crippen molar-refractivity contribution in [2.24, 2.45) is 0 Å². The lowest BCUT2D eigenvalue weighted by molar-refractivity contribution is -0.137. The van der Waals surface area contributed by atoms with E-state index in [0.29, 0.717) is 42.7 Å². The number of hydrogen-bond donors (Lipinski definition) is 0. The van der Waals surface area contributed by atoms with Crippen LogP contribution in [0.3, 0.4) is 0 Å². The Morgan fingerprint density at radius 1 is 0.889 bits per heavy atom. The Hall–Kier alpha value is -4.05. The van der Waals surface area contributed by atoms with Gasteiger partial charge in [0.25, 0.3) is 11.8 Å². The van der Waals surface area contributed by atoms with Crippen LogP contribution in [-0.2, 0) is 11.8 Å². The van der Waals surface area contributed by atoms with Crippen LogP contribution in [-0.4, -0.2) is 40.8 Å². The molecular formula is C35H35F4N3O2S. The summed E-state index contributed by atoms with van der Waals surface area (Å²) in [5, 5.41) is 2.50. The number of carbonyl (C=O) groups excluding carboxylic acids is 2. The second-order valence-corrected chi connectivity index (χ2v) is 12.9. The van der Waals surface area contributed by atoms with Gasteiger partial charge in [0.2, 0.25) is 0 Å². The lowest BCUT2D eigenvalue weighted by atomic mass is 9.93. The molecule has 5 nitrogen and oxygen atoms in total. The van der Waals surface area contributed by atoms with E-state index in [1.54, 1.807) is 31.4 Å². The van der Waals surface area contributed by atoms with E-state index in [1.807, 2.05) is 41.3 Å². The van der Waals surface area contributed by atoms with Gasteiger partial charge in [-0.15, -0.1) is 11.3 Å². The SMILES string of the molecule is CC(C)N(C(=O)c1csc(C2CCN(C(=O)c3ccccc3-c3ccc(C(C)(C)F)cc3)CC2)n1)c1ccc(C(F)(F)F)cc1. The van der Waals surface area contributed by atoms with Gasteiger partial charge in [-0.3, -0.25) is 9.59 Å². The first kappa shape index (κ1) is 32.3. The van der Waals surface area contributed by atoms with Crippen LogP contribution >= 0.6 is 11.3 Å². The molecule has 1 aliphatic rings. The van der Waals surface area contributed by atoms with Gasteiger partial charge >= 0.3 is 6.18 Å². The molecule has 1 aliphatic heterocycles. The molecule has 2 heterocycles. The van der Waals surface area contributed by atoms with Crippen molar-refractivity contribution in [3.05, 3.63) is 106 Å². The Labute approximate surface area is 264 Å². The minimum atomic E-state index is -4.46. The number of likely N-dealkylation sites (tertiary alicyclic amines) is 1. The monoisotopic (exact) mass is 637 g/mol. The Balaban J connectivity index is 1.26. The summed E-state index contributed by atoms with van der Waals surface area (Å²) in [7, 11) is 0. The predicted octanol–water partition coefficient (Wildman–Crippen LogP) is 9.11. The van der Waals surface area contributed by atoms with Gasteiger partial charge in [0.05, 0.1) is 10.6 Å². The van der Waals surface area contributed by atoms with Crippen molar-refractivity contribution >= 4 is 28.8 Å². The lowest BCUT2D eigenvalue weighted by Crippen LogP contribution is -2.38. The van der Waals surface area contributed by atoms with Crippen molar-refractivity contribution in [3.8, 4) is 11.1 Å². The van der Waals surface area contributed by atoms with E-state index in [-0.39, 0.29) is 29.5 Å². The number of alkyl halides is 4. The van der Waals surface area contributed by atoms with Crippen LogP contribution in [0.15, 0.2) is 78.2 Å². The van der Waals surface area contributed by atoms with Crippen LogP contribution in [0.1, 0.15) is 83.4 Å². The van der Waals surface area contributed by atoms with E-state index in [0.717, 1.165) is 28.3 Å². The first-order valence-corrected chi connectivity index (χ1v) is 15.8. The zero-order valence-electron chi connectivity index (χ0n) is 25.6. The zero-order chi connectivity index (χ0) is 32.5. The maximum atomic E-state index is 14.4. The summed E-state index contributed by atoms with van der Waals surface area (Å²) < 4.78 is 53.5. The zero-order valence-corrected chi connectivity index (χ0v) is 26.4. The molecule has 1 saturated heterocycles. The van der Waals surface area contributed by atoms with Gasteiger partial charge in [0.1, 0.15) is 11.4 Å². The van der Waals surface area contributed by atoms with Gasteiger partial charge in [0.15, 0.2) is 0 Å². The molecule has 45 heavy (non-hydrogen) atoms. The molecule has 2 amide bonds. The summed E-state index contributed by atoms with van der Waals surface area (Å²) in [6.45, 7) is 7.67. The molecule has 0 unspecified atom stereocenters. The van der Waals surface area contributed by atoms with Crippen LogP contribution in [0.2, 0.25) is 0 Å². The standard InChI is InChI=1S/C35H35F4N3O2S/c1-22(2)42(27-15-13-26(14-16-27)35(37,38)39)33(44)30-21-45-31(40-30)24-17-19-41(20-18-24)32(43)29-8-6-5-7-28(29)23-9-11-25(12-10-23)34(3,4)36/h5-16,21-22,24H,17-20H2,1-4H3. The Bertz CT molecular complexity index is 1650. The molecule has 0 spiro atoms. The molecular weight excluding hydrogens is 602 g/mol. The number of piperidine rings is 1. The maximum Gasteiger partial charge on any atom is 0.416 e. The van der Waals surface area contributed by atoms with E-state index in [4.69, 9.17) is 0 Å². The summed E-state index contributed by atoms with van der Waals surface area (Å²) in [5.74, 6) is -0.372. The van der Waals surface area contributed by atoms with Crippen molar-refractivity contribution in [2.45, 2.75) is 64.3 Å². The second kappa shape index (κ2) is 12.7. The molecule has 0 saturated carbocycles. The van der Waals surface area contributed by atoms with Crippen molar-refractivity contribution in [1.29, 1.82) is 0 Å². The highest BCUT2D eigenvalue weighted by Crippen LogP contribution is 2.35. The molecule has 1 fully saturated rings. The highest BCUT2D eigenvalue weighted by atomic mass is 32.1. The molecule has 0 aliphatic carbocycles. The first-order valence-electron chi connectivity index (χ1n) is 14.9. The van der Waals surface area contributed by atoms with Crippen molar-refractivity contribution in [3.63, 3.8) is 0 Å². The van der Waals surface area contributed by atoms with Crippen LogP contribution in [0.5, 0.6) is 0 Å². The highest BCUT2D eigenvalue weighted by Gasteiger charge is 2.32. The highest BCUT2D eigenvalue weighted by molar-refractivity contribution is 7.10. The third kappa shape index (κ3) is 7.11. The fraction of sp³-hybridized carbons (Fsp3) is 0.343. The van der Waals surface area contributed by atoms with E-state index in [2.05, 4.69) is 4.98 Å². The van der Waals surface area contributed by atoms with Gasteiger partial charge in [-0.05, 0) is 87.6 Å². The van der Waals surface area contributed by atoms with E-state index < -0.39 is 17.4 Å². The molecule has 0 N–H and O–H groups in total. The second-order valence-electron chi connectivity index (χ2n) is 12.0. The number of thiazole rings is 1. The predicted molar refractivity (Wildman–Crippen MR) is 169 cm³/mol. The summed E-state index contributed by atoms with van der Waals surface area (Å²) >= 11 is 1.39. The normalized spacial score (nSPS) is 14.6. The number of aromatic nitrogens is 1. The summed E-state index contributed by atoms with van der Waals surface area (Å²) in [6.07, 6.45) is -3.09. The van der Waals surface area contributed by atoms with Crippen LogP contribution in [0, 0.1) is 0 Å². The van der Waals surface area contributed by atoms with Crippen molar-refractivity contribution < 1.29 is 27.2 Å². The topological polar surface area (TPSA) is 53.5 Å². The minimum absolute atomic E-state index is 0.0712. The van der Waals surface area contributed by atoms with Crippen LogP contribution in [0.4, 0.5) is 23.2 Å². The first-order chi connectivity index (χ1) is 21.2. The number of benzene rings is 3. The molecule has 3 aromatic carbocycles. The third-order valence-electron chi connectivity index (χ3n) is 8.12. The minimum Gasteiger partial charge on any atom is -0.339 e. The van der Waals surface area contributed by atoms with Gasteiger partial charge in [0, 0.05) is 41.7 Å². The molecule has 4 aromatic rings. The maximum absolute atomic E-state index is 14.4. The molecule has 0 bridgehead atoms. The van der Waals surface area contributed by atoms with Crippen molar-refractivity contribution in [2.75, 3.05) is 18.0 Å². The van der Waals surface area contributed by atoms with E-state index in [9.17, 15) is 27.2 Å². The largest absolute Gasteiger partial charge is 0.416 e. The van der Waals surface area contributed by atoms with Gasteiger partial charge in [-0.1, -0.05) is 42.5 Å². The van der Waals surface area contributed by atoms with Gasteiger partial charge in [-0.25, -0.2) is 9.37 Å². The van der Waals surface area contributed by atoms with E-state index >= 15 is 0 Å². The average molecular weight is 638 g/mol. The number of halogens is 4. The molecule has 236 valence electrons. The Kier molecular flexibility index (Phi) is 9.16. The number of nitrogens with zero attached hydrogens (tertiary/aromatic N) is 3. The molecule has 0 radical (unpaired) electrons. The van der Waals surface area contributed by atoms with Crippen LogP contribution < -0.4 is 4.90 Å². The third-order valence-corrected chi connectivity index (χ3v) is 9.13.